The highest BCUT2D eigenvalue weighted by molar-refractivity contribution is 7.44. The molecular formula is C8H12BN5O3P. The van der Waals surface area contributed by atoms with Crippen molar-refractivity contribution in [3.63, 3.8) is 0 Å². The molecule has 18 heavy (non-hydrogen) atoms. The minimum Gasteiger partial charge on any atom is -0.382 e. The summed E-state index contributed by atoms with van der Waals surface area (Å²) in [6.45, 7) is 0.853. The molecule has 0 spiro atoms. The van der Waals surface area contributed by atoms with Crippen LogP contribution in [0.3, 0.4) is 0 Å². The van der Waals surface area contributed by atoms with Crippen LogP contribution in [-0.4, -0.2) is 50.7 Å². The molecule has 95 valence electrons. The van der Waals surface area contributed by atoms with Gasteiger partial charge in [0.1, 0.15) is 18.2 Å². The molecule has 3 radical (unpaired) electrons. The molecule has 2 aromatic rings. The van der Waals surface area contributed by atoms with Gasteiger partial charge in [0.15, 0.2) is 19.8 Å². The van der Waals surface area contributed by atoms with Crippen molar-refractivity contribution in [1.82, 2.24) is 19.5 Å². The van der Waals surface area contributed by atoms with E-state index >= 15 is 0 Å². The molecule has 0 amide bonds. The highest BCUT2D eigenvalue weighted by Gasteiger charge is 2.07. The lowest BCUT2D eigenvalue weighted by Gasteiger charge is -2.06. The van der Waals surface area contributed by atoms with Crippen molar-refractivity contribution < 1.29 is 14.5 Å². The van der Waals surface area contributed by atoms with Crippen molar-refractivity contribution in [2.45, 2.75) is 6.54 Å². The van der Waals surface area contributed by atoms with E-state index in [0.717, 1.165) is 0 Å². The molecule has 8 nitrogen and oxygen atoms in total. The van der Waals surface area contributed by atoms with Gasteiger partial charge in [-0.25, -0.2) is 15.0 Å². The van der Waals surface area contributed by atoms with E-state index in [4.69, 9.17) is 20.3 Å². The molecule has 0 aliphatic rings. The Balaban J connectivity index is 0.00000162. The van der Waals surface area contributed by atoms with Crippen LogP contribution in [0.15, 0.2) is 12.7 Å². The Morgan fingerprint density at radius 2 is 2.11 bits per heavy atom. The van der Waals surface area contributed by atoms with E-state index in [0.29, 0.717) is 30.1 Å². The molecule has 0 atom stereocenters. The molecule has 4 N–H and O–H groups in total. The van der Waals surface area contributed by atoms with E-state index < -0.39 is 8.38 Å². The van der Waals surface area contributed by atoms with Crippen LogP contribution in [0.1, 0.15) is 0 Å². The number of imidazole rings is 1. The van der Waals surface area contributed by atoms with Gasteiger partial charge in [0.2, 0.25) is 0 Å². The van der Waals surface area contributed by atoms with Crippen molar-refractivity contribution in [2.24, 2.45) is 0 Å². The first-order valence-corrected chi connectivity index (χ1v) is 6.26. The fourth-order valence-electron chi connectivity index (χ4n) is 1.37. The topological polar surface area (TPSA) is 119 Å². The van der Waals surface area contributed by atoms with Crippen LogP contribution in [-0.2, 0) is 11.3 Å². The quantitative estimate of drug-likeness (QED) is 0.372. The van der Waals surface area contributed by atoms with Gasteiger partial charge >= 0.3 is 0 Å². The molecule has 2 rings (SSSR count). The van der Waals surface area contributed by atoms with E-state index in [1.807, 2.05) is 0 Å². The van der Waals surface area contributed by atoms with E-state index in [1.165, 1.54) is 6.33 Å². The highest BCUT2D eigenvalue weighted by atomic mass is 31.2. The molecule has 0 saturated heterocycles. The average molecular weight is 268 g/mol. The summed E-state index contributed by atoms with van der Waals surface area (Å²) in [5, 5.41) is 0. The van der Waals surface area contributed by atoms with E-state index in [-0.39, 0.29) is 14.8 Å². The number of rotatable bonds is 5. The molecule has 0 aliphatic carbocycles. The van der Waals surface area contributed by atoms with Crippen LogP contribution in [0.5, 0.6) is 0 Å². The largest absolute Gasteiger partial charge is 0.382 e. The third-order valence-corrected chi connectivity index (χ3v) is 2.53. The van der Waals surface area contributed by atoms with Crippen molar-refractivity contribution in [1.29, 1.82) is 0 Å². The number of ether oxygens (including phenoxy) is 1. The normalized spacial score (nSPS) is 10.8. The van der Waals surface area contributed by atoms with Crippen molar-refractivity contribution in [3.8, 4) is 0 Å². The molecular weight excluding hydrogens is 256 g/mol. The van der Waals surface area contributed by atoms with Crippen LogP contribution in [0.25, 0.3) is 11.2 Å². The molecule has 2 heterocycles. The number of hydrogen-bond acceptors (Lipinski definition) is 7. The van der Waals surface area contributed by atoms with Crippen LogP contribution in [0, 0.1) is 0 Å². The number of nitrogens with zero attached hydrogens (tertiary/aromatic N) is 4. The zero-order valence-corrected chi connectivity index (χ0v) is 10.4. The second kappa shape index (κ2) is 6.60. The Kier molecular flexibility index (Phi) is 5.42. The summed E-state index contributed by atoms with van der Waals surface area (Å²) in [7, 11) is -2.00. The first-order chi connectivity index (χ1) is 8.18. The fraction of sp³-hybridized carbons (Fsp3) is 0.375. The average Bonchev–Trinajstić information content (AvgIpc) is 2.69. The van der Waals surface area contributed by atoms with Gasteiger partial charge < -0.3 is 24.8 Å². The highest BCUT2D eigenvalue weighted by Crippen LogP contribution is 2.21. The van der Waals surface area contributed by atoms with Crippen LogP contribution >= 0.6 is 8.38 Å². The lowest BCUT2D eigenvalue weighted by Crippen LogP contribution is -2.06. The second-order valence-electron chi connectivity index (χ2n) is 3.28. The maximum atomic E-state index is 8.66. The maximum Gasteiger partial charge on any atom is 0.192 e. The molecule has 0 saturated carbocycles. The van der Waals surface area contributed by atoms with Gasteiger partial charge in [0.05, 0.1) is 12.9 Å². The van der Waals surface area contributed by atoms with Gasteiger partial charge in [-0.05, 0) is 0 Å². The summed E-state index contributed by atoms with van der Waals surface area (Å²) in [4.78, 5) is 29.3. The van der Waals surface area contributed by atoms with Crippen LogP contribution in [0.4, 0.5) is 5.82 Å². The third kappa shape index (κ3) is 3.36. The predicted molar refractivity (Wildman–Crippen MR) is 67.7 cm³/mol. The number of nitrogen functional groups attached to an aromatic ring is 1. The zero-order chi connectivity index (χ0) is 12.3. The minimum atomic E-state index is -2.00. The number of anilines is 1. The summed E-state index contributed by atoms with van der Waals surface area (Å²) in [6, 6.07) is 0. The Morgan fingerprint density at radius 1 is 1.33 bits per heavy atom. The Hall–Kier alpha value is -1.28. The Morgan fingerprint density at radius 3 is 2.83 bits per heavy atom. The Labute approximate surface area is 106 Å². The van der Waals surface area contributed by atoms with Gasteiger partial charge in [-0.2, -0.15) is 0 Å². The van der Waals surface area contributed by atoms with E-state index in [2.05, 4.69) is 15.0 Å². The molecule has 0 bridgehead atoms. The summed E-state index contributed by atoms with van der Waals surface area (Å²) in [5.41, 5.74) is 6.83. The number of fused-ring (bicyclic) bond motifs is 1. The summed E-state index contributed by atoms with van der Waals surface area (Å²) < 4.78 is 6.82. The number of aromatic nitrogens is 4. The molecule has 0 fully saturated rings. The monoisotopic (exact) mass is 268 g/mol. The first kappa shape index (κ1) is 14.8. The van der Waals surface area contributed by atoms with Crippen molar-refractivity contribution in [3.05, 3.63) is 12.7 Å². The Bertz CT molecular complexity index is 508. The molecule has 0 aromatic carbocycles. The van der Waals surface area contributed by atoms with Gasteiger partial charge in [0, 0.05) is 15.0 Å². The maximum absolute atomic E-state index is 8.66. The SMILES string of the molecule is Nc1ncnc2c1ncn2CCOCP(O)O.[B]. The smallest absolute Gasteiger partial charge is 0.192 e. The second-order valence-corrected chi connectivity index (χ2v) is 4.28. The van der Waals surface area contributed by atoms with Gasteiger partial charge in [-0.3, -0.25) is 0 Å². The molecule has 10 heteroatoms. The standard InChI is InChI=1S/C8H12N5O3P.B/c9-7-6-8(11-3-10-7)13(4-12-6)1-2-16-5-17(14)15;/h3-4,14-15H,1-2,5H2,(H2,9,10,11);. The van der Waals surface area contributed by atoms with Gasteiger partial charge in [0.25, 0.3) is 0 Å². The summed E-state index contributed by atoms with van der Waals surface area (Å²) in [5.74, 6) is 0.337. The molecule has 2 aromatic heterocycles. The summed E-state index contributed by atoms with van der Waals surface area (Å²) in [6.07, 6.45) is 2.91. The zero-order valence-electron chi connectivity index (χ0n) is 9.47. The number of nitrogens with two attached hydrogens (primary N) is 1. The lowest BCUT2D eigenvalue weighted by atomic mass is 10.5. The van der Waals surface area contributed by atoms with Crippen molar-refractivity contribution in [2.75, 3.05) is 18.7 Å². The van der Waals surface area contributed by atoms with Gasteiger partial charge in [-0.1, -0.05) is 0 Å². The molecule has 0 aliphatic heterocycles. The lowest BCUT2D eigenvalue weighted by molar-refractivity contribution is 0.159. The minimum absolute atomic E-state index is 0. The van der Waals surface area contributed by atoms with E-state index in [9.17, 15) is 0 Å². The molecule has 0 unspecified atom stereocenters. The summed E-state index contributed by atoms with van der Waals surface area (Å²) >= 11 is 0. The first-order valence-electron chi connectivity index (χ1n) is 4.83. The number of hydrogen-bond donors (Lipinski definition) is 3. The fourth-order valence-corrected chi connectivity index (χ4v) is 1.66. The van der Waals surface area contributed by atoms with E-state index in [1.54, 1.807) is 10.9 Å². The van der Waals surface area contributed by atoms with Gasteiger partial charge in [-0.15, -0.1) is 0 Å². The predicted octanol–water partition coefficient (Wildman–Crippen LogP) is -0.702. The van der Waals surface area contributed by atoms with Crippen molar-refractivity contribution >= 4 is 33.8 Å². The third-order valence-electron chi connectivity index (χ3n) is 2.11. The van der Waals surface area contributed by atoms with Crippen LogP contribution in [0.2, 0.25) is 0 Å². The van der Waals surface area contributed by atoms with Crippen LogP contribution < -0.4 is 5.73 Å².